The topological polar surface area (TPSA) is 85.7 Å². The zero-order valence-corrected chi connectivity index (χ0v) is 17.4. The van der Waals surface area contributed by atoms with E-state index < -0.39 is 11.9 Å². The summed E-state index contributed by atoms with van der Waals surface area (Å²) in [6.45, 7) is 4.17. The van der Waals surface area contributed by atoms with Crippen molar-refractivity contribution in [1.82, 2.24) is 4.98 Å². The lowest BCUT2D eigenvalue weighted by molar-refractivity contribution is 0.0249. The molecule has 162 valence electrons. The average molecular weight is 417 g/mol. The molecule has 1 N–H and O–H groups in total. The van der Waals surface area contributed by atoms with E-state index in [0.29, 0.717) is 5.56 Å². The first-order chi connectivity index (χ1) is 14.4. The average Bonchev–Trinajstić information content (AvgIpc) is 2.74. The molecular weight excluding hydrogens is 389 g/mol. The van der Waals surface area contributed by atoms with Gasteiger partial charge >= 0.3 is 11.9 Å². The smallest absolute Gasteiger partial charge is 0.358 e. The van der Waals surface area contributed by atoms with Crippen molar-refractivity contribution >= 4 is 11.9 Å². The first kappa shape index (κ1) is 23.3. The van der Waals surface area contributed by atoms with Gasteiger partial charge in [-0.2, -0.15) is 0 Å². The fraction of sp³-hybridized carbons (Fsp3) is 0.435. The Hall–Kier alpha value is -2.96. The molecule has 0 fully saturated rings. The second kappa shape index (κ2) is 11.9. The van der Waals surface area contributed by atoms with Crippen LogP contribution in [0.5, 0.6) is 5.75 Å². The standard InChI is InChI=1S/C23H28FNO5/c1-3-5-7-19(8-6-4-2)30-23(28)17-13-20(21(22(26)27)25-14-17)29-15-16-9-11-18(24)12-10-16/h9-14,19H,3-8,15H2,1-2H3,(H,26,27). The van der Waals surface area contributed by atoms with E-state index >= 15 is 0 Å². The molecule has 0 radical (unpaired) electrons. The van der Waals surface area contributed by atoms with Crippen molar-refractivity contribution in [3.63, 3.8) is 0 Å². The highest BCUT2D eigenvalue weighted by Gasteiger charge is 2.20. The summed E-state index contributed by atoms with van der Waals surface area (Å²) >= 11 is 0. The summed E-state index contributed by atoms with van der Waals surface area (Å²) in [5, 5.41) is 9.36. The van der Waals surface area contributed by atoms with Gasteiger partial charge in [0.25, 0.3) is 0 Å². The number of rotatable bonds is 12. The van der Waals surface area contributed by atoms with E-state index in [-0.39, 0.29) is 35.5 Å². The van der Waals surface area contributed by atoms with Crippen LogP contribution in [0.2, 0.25) is 0 Å². The molecule has 0 aliphatic rings. The number of ether oxygens (including phenoxy) is 2. The number of unbranched alkanes of at least 4 members (excludes halogenated alkanes) is 2. The van der Waals surface area contributed by atoms with Crippen molar-refractivity contribution in [1.29, 1.82) is 0 Å². The molecule has 6 nitrogen and oxygen atoms in total. The predicted octanol–water partition coefficient (Wildman–Crippen LogP) is 5.40. The number of esters is 1. The predicted molar refractivity (Wildman–Crippen MR) is 110 cm³/mol. The van der Waals surface area contributed by atoms with Crippen LogP contribution in [0.1, 0.15) is 78.8 Å². The molecule has 1 aromatic carbocycles. The van der Waals surface area contributed by atoms with Crippen LogP contribution >= 0.6 is 0 Å². The van der Waals surface area contributed by atoms with Gasteiger partial charge in [0.15, 0.2) is 11.4 Å². The molecule has 7 heteroatoms. The second-order valence-corrected chi connectivity index (χ2v) is 7.10. The van der Waals surface area contributed by atoms with Crippen LogP contribution in [-0.4, -0.2) is 28.1 Å². The summed E-state index contributed by atoms with van der Waals surface area (Å²) < 4.78 is 24.3. The molecule has 0 bridgehead atoms. The Morgan fingerprint density at radius 2 is 1.73 bits per heavy atom. The summed E-state index contributed by atoms with van der Waals surface area (Å²) in [6.07, 6.45) is 6.53. The van der Waals surface area contributed by atoms with Crippen LogP contribution < -0.4 is 4.74 Å². The van der Waals surface area contributed by atoms with Crippen LogP contribution in [-0.2, 0) is 11.3 Å². The van der Waals surface area contributed by atoms with Crippen LogP contribution in [0, 0.1) is 5.82 Å². The minimum Gasteiger partial charge on any atom is -0.486 e. The van der Waals surface area contributed by atoms with Gasteiger partial charge in [0.1, 0.15) is 18.5 Å². The zero-order chi connectivity index (χ0) is 21.9. The van der Waals surface area contributed by atoms with Crippen LogP contribution in [0.3, 0.4) is 0 Å². The Bertz CT molecular complexity index is 830. The number of nitrogens with zero attached hydrogens (tertiary/aromatic N) is 1. The summed E-state index contributed by atoms with van der Waals surface area (Å²) in [6, 6.07) is 6.98. The van der Waals surface area contributed by atoms with E-state index in [2.05, 4.69) is 18.8 Å². The van der Waals surface area contributed by atoms with Gasteiger partial charge in [0, 0.05) is 6.20 Å². The summed E-state index contributed by atoms with van der Waals surface area (Å²) in [7, 11) is 0. The Morgan fingerprint density at radius 3 is 2.30 bits per heavy atom. The quantitative estimate of drug-likeness (QED) is 0.465. The van der Waals surface area contributed by atoms with Gasteiger partial charge in [0.05, 0.1) is 5.56 Å². The maximum Gasteiger partial charge on any atom is 0.358 e. The molecule has 0 saturated carbocycles. The van der Waals surface area contributed by atoms with Gasteiger partial charge in [-0.1, -0.05) is 51.7 Å². The molecule has 0 saturated heterocycles. The summed E-state index contributed by atoms with van der Waals surface area (Å²) in [4.78, 5) is 28.0. The number of aromatic nitrogens is 1. The number of hydrogen-bond acceptors (Lipinski definition) is 5. The van der Waals surface area contributed by atoms with Crippen molar-refractivity contribution in [2.45, 2.75) is 65.1 Å². The SMILES string of the molecule is CCCCC(CCCC)OC(=O)c1cnc(C(=O)O)c(OCc2ccc(F)cc2)c1. The zero-order valence-electron chi connectivity index (χ0n) is 17.4. The number of carbonyl (C=O) groups is 2. The monoisotopic (exact) mass is 417 g/mol. The van der Waals surface area contributed by atoms with Crippen LogP contribution in [0.15, 0.2) is 36.5 Å². The largest absolute Gasteiger partial charge is 0.486 e. The molecule has 2 aromatic rings. The summed E-state index contributed by atoms with van der Waals surface area (Å²) in [5.74, 6) is -2.24. The van der Waals surface area contributed by atoms with E-state index in [1.54, 1.807) is 0 Å². The number of halogens is 1. The molecule has 0 aliphatic heterocycles. The van der Waals surface area contributed by atoms with Gasteiger partial charge in [-0.15, -0.1) is 0 Å². The van der Waals surface area contributed by atoms with Gasteiger partial charge in [-0.3, -0.25) is 0 Å². The maximum atomic E-state index is 13.0. The van der Waals surface area contributed by atoms with E-state index in [1.165, 1.54) is 36.5 Å². The minimum atomic E-state index is -1.27. The van der Waals surface area contributed by atoms with E-state index in [4.69, 9.17) is 9.47 Å². The lowest BCUT2D eigenvalue weighted by Gasteiger charge is -2.18. The van der Waals surface area contributed by atoms with Crippen molar-refractivity contribution < 1.29 is 28.6 Å². The minimum absolute atomic E-state index is 0.0103. The lowest BCUT2D eigenvalue weighted by atomic mass is 10.1. The molecule has 0 unspecified atom stereocenters. The van der Waals surface area contributed by atoms with Gasteiger partial charge in [0.2, 0.25) is 0 Å². The lowest BCUT2D eigenvalue weighted by Crippen LogP contribution is -2.19. The highest BCUT2D eigenvalue weighted by Crippen LogP contribution is 2.22. The van der Waals surface area contributed by atoms with Crippen molar-refractivity contribution in [2.75, 3.05) is 0 Å². The van der Waals surface area contributed by atoms with Gasteiger partial charge in [-0.05, 0) is 36.6 Å². The number of pyridine rings is 1. The van der Waals surface area contributed by atoms with Gasteiger partial charge in [-0.25, -0.2) is 19.0 Å². The van der Waals surface area contributed by atoms with Crippen molar-refractivity contribution in [3.8, 4) is 5.75 Å². The Morgan fingerprint density at radius 1 is 1.10 bits per heavy atom. The van der Waals surface area contributed by atoms with Gasteiger partial charge < -0.3 is 14.6 Å². The van der Waals surface area contributed by atoms with Crippen LogP contribution in [0.25, 0.3) is 0 Å². The first-order valence-electron chi connectivity index (χ1n) is 10.3. The Balaban J connectivity index is 2.15. The number of carboxylic acid groups (broad SMARTS) is 1. The molecule has 2 rings (SSSR count). The molecular formula is C23H28FNO5. The maximum absolute atomic E-state index is 13.0. The number of carbonyl (C=O) groups excluding carboxylic acids is 1. The molecule has 0 spiro atoms. The molecule has 0 amide bonds. The highest BCUT2D eigenvalue weighted by atomic mass is 19.1. The number of carboxylic acids is 1. The number of hydrogen-bond donors (Lipinski definition) is 1. The third kappa shape index (κ3) is 7.13. The van der Waals surface area contributed by atoms with E-state index in [9.17, 15) is 19.1 Å². The molecule has 1 heterocycles. The fourth-order valence-corrected chi connectivity index (χ4v) is 2.91. The molecule has 30 heavy (non-hydrogen) atoms. The highest BCUT2D eigenvalue weighted by molar-refractivity contribution is 5.93. The van der Waals surface area contributed by atoms with E-state index in [0.717, 1.165) is 38.5 Å². The third-order valence-electron chi connectivity index (χ3n) is 4.63. The summed E-state index contributed by atoms with van der Waals surface area (Å²) in [5.41, 5.74) is 0.481. The second-order valence-electron chi connectivity index (χ2n) is 7.10. The Kier molecular flexibility index (Phi) is 9.25. The fourth-order valence-electron chi connectivity index (χ4n) is 2.91. The molecule has 0 aliphatic carbocycles. The molecule has 1 aromatic heterocycles. The third-order valence-corrected chi connectivity index (χ3v) is 4.63. The van der Waals surface area contributed by atoms with Crippen LogP contribution in [0.4, 0.5) is 4.39 Å². The number of aromatic carboxylic acids is 1. The normalized spacial score (nSPS) is 10.8. The number of benzene rings is 1. The van der Waals surface area contributed by atoms with E-state index in [1.807, 2.05) is 0 Å². The first-order valence-corrected chi connectivity index (χ1v) is 10.3. The molecule has 0 atom stereocenters. The van der Waals surface area contributed by atoms with Crippen molar-refractivity contribution in [3.05, 3.63) is 59.2 Å². The Labute approximate surface area is 176 Å². The van der Waals surface area contributed by atoms with Crippen molar-refractivity contribution in [2.24, 2.45) is 0 Å².